The van der Waals surface area contributed by atoms with Crippen LogP contribution in [0.2, 0.25) is 0 Å². The van der Waals surface area contributed by atoms with Gasteiger partial charge in [0, 0.05) is 17.0 Å². The second-order valence-electron chi connectivity index (χ2n) is 7.59. The van der Waals surface area contributed by atoms with Crippen molar-refractivity contribution >= 4 is 22.3 Å². The largest absolute Gasteiger partial charge is 0.423 e. The molecule has 0 aliphatic carbocycles. The maximum Gasteiger partial charge on any atom is 0.336 e. The molecule has 0 unspecified atom stereocenters. The Morgan fingerprint density at radius 1 is 1.18 bits per heavy atom. The SMILES string of the molecule is Cc1cc2oc(=O)cc(C[NH2+]C[C@H](c3cccs3)[NH+]3CCOCC3)c2cc1C. The number of rotatable bonds is 6. The zero-order chi connectivity index (χ0) is 19.5. The number of hydrogen-bond acceptors (Lipinski definition) is 4. The fourth-order valence-corrected chi connectivity index (χ4v) is 4.91. The Kier molecular flexibility index (Phi) is 5.92. The number of morpholine rings is 1. The Labute approximate surface area is 168 Å². The van der Waals surface area contributed by atoms with Gasteiger partial charge in [0.05, 0.1) is 18.1 Å². The van der Waals surface area contributed by atoms with Crippen LogP contribution in [0, 0.1) is 13.8 Å². The molecular weight excluding hydrogens is 372 g/mol. The van der Waals surface area contributed by atoms with Gasteiger partial charge >= 0.3 is 5.63 Å². The lowest BCUT2D eigenvalue weighted by Gasteiger charge is -2.30. The second-order valence-corrected chi connectivity index (χ2v) is 8.57. The van der Waals surface area contributed by atoms with E-state index in [0.29, 0.717) is 11.6 Å². The zero-order valence-electron chi connectivity index (χ0n) is 16.5. The van der Waals surface area contributed by atoms with Crippen LogP contribution < -0.4 is 15.8 Å². The first-order chi connectivity index (χ1) is 13.6. The van der Waals surface area contributed by atoms with Gasteiger partial charge in [0.15, 0.2) is 6.04 Å². The van der Waals surface area contributed by atoms with E-state index in [1.54, 1.807) is 11.0 Å². The fraction of sp³-hybridized carbons (Fsp3) is 0.409. The molecular formula is C22H28N2O3S+2. The van der Waals surface area contributed by atoms with Crippen LogP contribution in [0.4, 0.5) is 0 Å². The molecule has 3 heterocycles. The first-order valence-corrected chi connectivity index (χ1v) is 10.8. The van der Waals surface area contributed by atoms with Crippen molar-refractivity contribution < 1.29 is 19.4 Å². The molecule has 3 aromatic rings. The summed E-state index contributed by atoms with van der Waals surface area (Å²) < 4.78 is 11.0. The van der Waals surface area contributed by atoms with E-state index in [1.165, 1.54) is 10.4 Å². The summed E-state index contributed by atoms with van der Waals surface area (Å²) in [6.45, 7) is 9.67. The summed E-state index contributed by atoms with van der Waals surface area (Å²) in [4.78, 5) is 15.1. The van der Waals surface area contributed by atoms with E-state index >= 15 is 0 Å². The van der Waals surface area contributed by atoms with E-state index in [4.69, 9.17) is 9.15 Å². The molecule has 0 saturated carbocycles. The van der Waals surface area contributed by atoms with E-state index in [2.05, 4.69) is 35.8 Å². The highest BCUT2D eigenvalue weighted by molar-refractivity contribution is 7.10. The van der Waals surface area contributed by atoms with Gasteiger partial charge in [-0.15, -0.1) is 11.3 Å². The normalized spacial score (nSPS) is 16.5. The van der Waals surface area contributed by atoms with Crippen molar-refractivity contribution in [1.82, 2.24) is 0 Å². The summed E-state index contributed by atoms with van der Waals surface area (Å²) in [5, 5.41) is 5.53. The third-order valence-electron chi connectivity index (χ3n) is 5.73. The van der Waals surface area contributed by atoms with Crippen molar-refractivity contribution in [3.05, 3.63) is 67.7 Å². The van der Waals surface area contributed by atoms with Gasteiger partial charge in [-0.2, -0.15) is 0 Å². The van der Waals surface area contributed by atoms with Gasteiger partial charge < -0.3 is 19.4 Å². The predicted molar refractivity (Wildman–Crippen MR) is 111 cm³/mol. The first-order valence-electron chi connectivity index (χ1n) is 9.93. The molecule has 0 spiro atoms. The average Bonchev–Trinajstić information content (AvgIpc) is 3.21. The van der Waals surface area contributed by atoms with Crippen LogP contribution in [0.5, 0.6) is 0 Å². The average molecular weight is 401 g/mol. The van der Waals surface area contributed by atoms with Crippen LogP contribution in [-0.2, 0) is 11.3 Å². The van der Waals surface area contributed by atoms with Gasteiger partial charge in [-0.1, -0.05) is 6.07 Å². The summed E-state index contributed by atoms with van der Waals surface area (Å²) in [6, 6.07) is 10.6. The van der Waals surface area contributed by atoms with Crippen LogP contribution in [0.1, 0.15) is 27.6 Å². The number of fused-ring (bicyclic) bond motifs is 1. The third-order valence-corrected chi connectivity index (χ3v) is 6.71. The number of nitrogens with two attached hydrogens (primary N) is 1. The number of quaternary nitrogens is 2. The molecule has 148 valence electrons. The van der Waals surface area contributed by atoms with Crippen molar-refractivity contribution in [2.24, 2.45) is 0 Å². The zero-order valence-corrected chi connectivity index (χ0v) is 17.3. The maximum atomic E-state index is 12.0. The van der Waals surface area contributed by atoms with Gasteiger partial charge in [0.2, 0.25) is 0 Å². The number of nitrogens with one attached hydrogen (secondary N) is 1. The minimum absolute atomic E-state index is 0.271. The molecule has 4 rings (SSSR count). The number of hydrogen-bond donors (Lipinski definition) is 2. The molecule has 2 aromatic heterocycles. The van der Waals surface area contributed by atoms with E-state index in [9.17, 15) is 4.79 Å². The van der Waals surface area contributed by atoms with Crippen LogP contribution in [0.15, 0.2) is 44.9 Å². The van der Waals surface area contributed by atoms with Crippen molar-refractivity contribution in [2.75, 3.05) is 32.8 Å². The summed E-state index contributed by atoms with van der Waals surface area (Å²) >= 11 is 1.83. The van der Waals surface area contributed by atoms with Gasteiger partial charge in [-0.25, -0.2) is 4.79 Å². The number of benzene rings is 1. The predicted octanol–water partition coefficient (Wildman–Crippen LogP) is 1.19. The van der Waals surface area contributed by atoms with E-state index in [-0.39, 0.29) is 5.63 Å². The topological polar surface area (TPSA) is 60.5 Å². The Morgan fingerprint density at radius 2 is 1.96 bits per heavy atom. The highest BCUT2D eigenvalue weighted by Gasteiger charge is 2.28. The van der Waals surface area contributed by atoms with Gasteiger partial charge in [-0.05, 0) is 48.6 Å². The number of aryl methyl sites for hydroxylation is 2. The molecule has 1 aliphatic rings. The highest BCUT2D eigenvalue weighted by Crippen LogP contribution is 2.21. The van der Waals surface area contributed by atoms with Crippen molar-refractivity contribution in [1.29, 1.82) is 0 Å². The van der Waals surface area contributed by atoms with E-state index in [1.807, 2.05) is 24.3 Å². The monoisotopic (exact) mass is 400 g/mol. The molecule has 1 saturated heterocycles. The minimum atomic E-state index is -0.271. The maximum absolute atomic E-state index is 12.0. The Balaban J connectivity index is 1.53. The van der Waals surface area contributed by atoms with Gasteiger partial charge in [0.1, 0.15) is 31.8 Å². The number of thiophene rings is 1. The molecule has 0 bridgehead atoms. The molecule has 1 aliphatic heterocycles. The Morgan fingerprint density at radius 3 is 2.71 bits per heavy atom. The van der Waals surface area contributed by atoms with Crippen LogP contribution in [0.3, 0.4) is 0 Å². The van der Waals surface area contributed by atoms with Gasteiger partial charge in [0.25, 0.3) is 0 Å². The minimum Gasteiger partial charge on any atom is -0.423 e. The lowest BCUT2D eigenvalue weighted by atomic mass is 10.0. The van der Waals surface area contributed by atoms with Gasteiger partial charge in [-0.3, -0.25) is 0 Å². The molecule has 0 amide bonds. The molecule has 28 heavy (non-hydrogen) atoms. The third kappa shape index (κ3) is 4.20. The molecule has 6 heteroatoms. The lowest BCUT2D eigenvalue weighted by Crippen LogP contribution is -3.16. The summed E-state index contributed by atoms with van der Waals surface area (Å²) in [5.74, 6) is 0. The lowest BCUT2D eigenvalue weighted by molar-refractivity contribution is -0.952. The fourth-order valence-electron chi connectivity index (χ4n) is 4.01. The molecule has 5 nitrogen and oxygen atoms in total. The Bertz CT molecular complexity index is 991. The summed E-state index contributed by atoms with van der Waals surface area (Å²) in [6.07, 6.45) is 0. The molecule has 1 aromatic carbocycles. The summed E-state index contributed by atoms with van der Waals surface area (Å²) in [5.41, 5.74) is 3.83. The molecule has 3 N–H and O–H groups in total. The first kappa shape index (κ1) is 19.3. The quantitative estimate of drug-likeness (QED) is 0.611. The van der Waals surface area contributed by atoms with Crippen LogP contribution in [0.25, 0.3) is 11.0 Å². The molecule has 0 radical (unpaired) electrons. The summed E-state index contributed by atoms with van der Waals surface area (Å²) in [7, 11) is 0. The number of ether oxygens (including phenoxy) is 1. The van der Waals surface area contributed by atoms with Crippen LogP contribution >= 0.6 is 11.3 Å². The second kappa shape index (κ2) is 8.57. The van der Waals surface area contributed by atoms with Crippen molar-refractivity contribution in [3.63, 3.8) is 0 Å². The molecule has 1 atom stereocenters. The Hall–Kier alpha value is -1.99. The van der Waals surface area contributed by atoms with E-state index < -0.39 is 0 Å². The van der Waals surface area contributed by atoms with Crippen molar-refractivity contribution in [2.45, 2.75) is 26.4 Å². The smallest absolute Gasteiger partial charge is 0.336 e. The van der Waals surface area contributed by atoms with E-state index in [0.717, 1.165) is 55.9 Å². The molecule has 1 fully saturated rings. The van der Waals surface area contributed by atoms with Crippen molar-refractivity contribution in [3.8, 4) is 0 Å². The van der Waals surface area contributed by atoms with Crippen LogP contribution in [-0.4, -0.2) is 32.8 Å². The standard InChI is InChI=1S/C22H26N2O3S/c1-15-10-18-17(12-22(25)27-20(18)11-16(15)2)13-23-14-19(21-4-3-9-28-21)24-5-7-26-8-6-24/h3-4,9-12,19,23H,5-8,13-14H2,1-2H3/p+2/t19-/m1/s1. The highest BCUT2D eigenvalue weighted by atomic mass is 32.1.